The fraction of sp³-hybridized carbons (Fsp3) is 0.393. The largest absolute Gasteiger partial charge is 0.494 e. The number of anilines is 5. The Bertz CT molecular complexity index is 1420. The summed E-state index contributed by atoms with van der Waals surface area (Å²) in [6, 6.07) is 13.9. The van der Waals surface area contributed by atoms with Crippen molar-refractivity contribution < 1.29 is 14.1 Å². The molecule has 0 atom stereocenters. The number of rotatable bonds is 8. The predicted octanol–water partition coefficient (Wildman–Crippen LogP) is 4.27. The highest BCUT2D eigenvalue weighted by Gasteiger charge is 2.28. The topological polar surface area (TPSA) is 112 Å². The van der Waals surface area contributed by atoms with E-state index in [1.54, 1.807) is 20.4 Å². The Morgan fingerprint density at radius 3 is 2.58 bits per heavy atom. The first-order valence-corrected chi connectivity index (χ1v) is 16.3. The third-order valence-electron chi connectivity index (χ3n) is 7.33. The lowest BCUT2D eigenvalue weighted by atomic mass is 10.0. The molecule has 1 amide bonds. The summed E-state index contributed by atoms with van der Waals surface area (Å²) < 4.78 is 18.5. The van der Waals surface area contributed by atoms with Gasteiger partial charge in [0.2, 0.25) is 11.9 Å². The summed E-state index contributed by atoms with van der Waals surface area (Å²) in [4.78, 5) is 25.4. The van der Waals surface area contributed by atoms with Gasteiger partial charge in [0.1, 0.15) is 17.9 Å². The number of methoxy groups -OCH3 is 1. The van der Waals surface area contributed by atoms with Crippen molar-refractivity contribution in [1.82, 2.24) is 20.2 Å². The molecule has 3 aromatic rings. The molecule has 0 unspecified atom stereocenters. The molecule has 0 bridgehead atoms. The number of ether oxygens (including phenoxy) is 1. The molecule has 3 N–H and O–H groups in total. The van der Waals surface area contributed by atoms with Crippen LogP contribution in [0.1, 0.15) is 12.8 Å². The van der Waals surface area contributed by atoms with Gasteiger partial charge in [0.15, 0.2) is 5.82 Å². The molecule has 3 heterocycles. The second-order valence-electron chi connectivity index (χ2n) is 10.4. The van der Waals surface area contributed by atoms with E-state index in [9.17, 15) is 9.36 Å². The fourth-order valence-corrected chi connectivity index (χ4v) is 6.54. The zero-order valence-corrected chi connectivity index (χ0v) is 24.6. The van der Waals surface area contributed by atoms with Crippen molar-refractivity contribution in [3.05, 3.63) is 53.7 Å². The number of piperazine rings is 1. The van der Waals surface area contributed by atoms with Gasteiger partial charge in [-0.3, -0.25) is 9.69 Å². The van der Waals surface area contributed by atoms with Crippen molar-refractivity contribution in [1.29, 1.82) is 0 Å². The van der Waals surface area contributed by atoms with Crippen molar-refractivity contribution in [3.8, 4) is 5.75 Å². The molecule has 0 radical (unpaired) electrons. The third kappa shape index (κ3) is 6.52. The molecule has 10 nitrogen and oxygen atoms in total. The van der Waals surface area contributed by atoms with Gasteiger partial charge < -0.3 is 30.2 Å². The highest BCUT2D eigenvalue weighted by molar-refractivity contribution is 7.70. The van der Waals surface area contributed by atoms with Gasteiger partial charge in [-0.25, -0.2) is 4.98 Å². The molecule has 2 saturated heterocycles. The van der Waals surface area contributed by atoms with Crippen LogP contribution < -0.4 is 30.9 Å². The van der Waals surface area contributed by atoms with Gasteiger partial charge in [0.25, 0.3) is 0 Å². The first kappa shape index (κ1) is 28.2. The first-order valence-electron chi connectivity index (χ1n) is 13.4. The van der Waals surface area contributed by atoms with E-state index in [0.717, 1.165) is 55.7 Å². The van der Waals surface area contributed by atoms with Gasteiger partial charge >= 0.3 is 0 Å². The quantitative estimate of drug-likeness (QED) is 0.335. The van der Waals surface area contributed by atoms with Crippen LogP contribution in [-0.4, -0.2) is 80.0 Å². The van der Waals surface area contributed by atoms with Crippen molar-refractivity contribution in [2.24, 2.45) is 0 Å². The highest BCUT2D eigenvalue weighted by Crippen LogP contribution is 2.39. The molecule has 212 valence electrons. The number of para-hydroxylation sites is 1. The van der Waals surface area contributed by atoms with Gasteiger partial charge in [0.05, 0.1) is 31.2 Å². The van der Waals surface area contributed by atoms with Crippen molar-refractivity contribution in [2.45, 2.75) is 18.9 Å². The summed E-state index contributed by atoms with van der Waals surface area (Å²) >= 11 is 6.41. The van der Waals surface area contributed by atoms with Crippen LogP contribution in [0, 0.1) is 0 Å². The molecule has 40 heavy (non-hydrogen) atoms. The molecule has 2 aliphatic heterocycles. The van der Waals surface area contributed by atoms with Gasteiger partial charge in [-0.05, 0) is 50.4 Å². The van der Waals surface area contributed by atoms with Crippen LogP contribution in [0.4, 0.5) is 28.8 Å². The van der Waals surface area contributed by atoms with Gasteiger partial charge in [-0.2, -0.15) is 4.98 Å². The minimum Gasteiger partial charge on any atom is -0.494 e. The normalized spacial score (nSPS) is 16.9. The SMILES string of the molecule is COc1cc(N2CCC(N3CCNC(=O)C3)CC2)ccc1Nc1ncc(Cl)c(Nc2ccccc2P(C)(C)=O)n1. The van der Waals surface area contributed by atoms with Gasteiger partial charge in [0, 0.05) is 49.3 Å². The lowest BCUT2D eigenvalue weighted by Gasteiger charge is -2.40. The molecule has 5 rings (SSSR count). The summed E-state index contributed by atoms with van der Waals surface area (Å²) in [6.07, 6.45) is 3.55. The summed E-state index contributed by atoms with van der Waals surface area (Å²) in [5.41, 5.74) is 2.49. The van der Waals surface area contributed by atoms with E-state index in [1.807, 2.05) is 36.4 Å². The second kappa shape index (κ2) is 12.0. The number of nitrogens with one attached hydrogen (secondary N) is 3. The van der Waals surface area contributed by atoms with E-state index < -0.39 is 7.14 Å². The molecule has 0 aliphatic carbocycles. The Morgan fingerprint density at radius 2 is 1.85 bits per heavy atom. The second-order valence-corrected chi connectivity index (χ2v) is 14.0. The number of amides is 1. The molecular weight excluding hydrogens is 549 g/mol. The van der Waals surface area contributed by atoms with Crippen molar-refractivity contribution in [2.75, 3.05) is 68.7 Å². The maximum atomic E-state index is 12.8. The molecule has 0 spiro atoms. The van der Waals surface area contributed by atoms with Crippen LogP contribution >= 0.6 is 18.7 Å². The lowest BCUT2D eigenvalue weighted by molar-refractivity contribution is -0.125. The van der Waals surface area contributed by atoms with Gasteiger partial charge in [-0.15, -0.1) is 0 Å². The van der Waals surface area contributed by atoms with Crippen LogP contribution in [0.2, 0.25) is 5.02 Å². The Morgan fingerprint density at radius 1 is 1.07 bits per heavy atom. The number of aromatic nitrogens is 2. The van der Waals surface area contributed by atoms with Crippen LogP contribution in [0.15, 0.2) is 48.7 Å². The number of piperidine rings is 1. The Labute approximate surface area is 239 Å². The molecular formula is C28H35ClN7O3P. The van der Waals surface area contributed by atoms with E-state index in [4.69, 9.17) is 16.3 Å². The molecule has 2 fully saturated rings. The van der Waals surface area contributed by atoms with E-state index >= 15 is 0 Å². The number of benzene rings is 2. The van der Waals surface area contributed by atoms with E-state index in [-0.39, 0.29) is 5.91 Å². The first-order chi connectivity index (χ1) is 19.2. The van der Waals surface area contributed by atoms with Gasteiger partial charge in [-0.1, -0.05) is 23.7 Å². The molecule has 2 aromatic carbocycles. The number of nitrogens with zero attached hydrogens (tertiary/aromatic N) is 4. The maximum Gasteiger partial charge on any atom is 0.234 e. The van der Waals surface area contributed by atoms with E-state index in [1.165, 1.54) is 6.20 Å². The van der Waals surface area contributed by atoms with E-state index in [0.29, 0.717) is 40.8 Å². The maximum absolute atomic E-state index is 12.8. The highest BCUT2D eigenvalue weighted by atomic mass is 35.5. The standard InChI is InChI=1S/C28H35ClN7O3P/c1-39-24-16-20(35-13-10-19(11-14-35)36-15-12-30-26(37)18-36)8-9-22(24)33-28-31-17-21(29)27(34-28)32-23-6-4-5-7-25(23)40(2,3)38/h4-9,16-17,19H,10-15,18H2,1-3H3,(H,30,37)(H2,31,32,33,34). The minimum absolute atomic E-state index is 0.117. The predicted molar refractivity (Wildman–Crippen MR) is 162 cm³/mol. The Balaban J connectivity index is 1.28. The Hall–Kier alpha value is -3.33. The molecule has 12 heteroatoms. The zero-order chi connectivity index (χ0) is 28.3. The number of hydrogen-bond acceptors (Lipinski definition) is 9. The smallest absolute Gasteiger partial charge is 0.234 e. The van der Waals surface area contributed by atoms with Crippen LogP contribution in [0.25, 0.3) is 0 Å². The van der Waals surface area contributed by atoms with E-state index in [2.05, 4.69) is 41.8 Å². The van der Waals surface area contributed by atoms with Crippen molar-refractivity contribution >= 4 is 58.8 Å². The fourth-order valence-electron chi connectivity index (χ4n) is 5.25. The summed E-state index contributed by atoms with van der Waals surface area (Å²) in [5, 5.41) is 10.4. The molecule has 0 saturated carbocycles. The lowest BCUT2D eigenvalue weighted by Crippen LogP contribution is -2.54. The Kier molecular flexibility index (Phi) is 8.49. The number of carbonyl (C=O) groups excluding carboxylic acids is 1. The minimum atomic E-state index is -2.52. The summed E-state index contributed by atoms with van der Waals surface area (Å²) in [7, 11) is -0.881. The number of carbonyl (C=O) groups is 1. The van der Waals surface area contributed by atoms with Crippen molar-refractivity contribution in [3.63, 3.8) is 0 Å². The molecule has 1 aromatic heterocycles. The average molecular weight is 584 g/mol. The van der Waals surface area contributed by atoms with Crippen LogP contribution in [0.3, 0.4) is 0 Å². The number of halogens is 1. The monoisotopic (exact) mass is 583 g/mol. The number of hydrogen-bond donors (Lipinski definition) is 3. The molecule has 2 aliphatic rings. The van der Waals surface area contributed by atoms with Crippen LogP contribution in [-0.2, 0) is 9.36 Å². The zero-order valence-electron chi connectivity index (χ0n) is 23.0. The average Bonchev–Trinajstić information content (AvgIpc) is 2.95. The summed E-state index contributed by atoms with van der Waals surface area (Å²) in [5.74, 6) is 1.54. The third-order valence-corrected chi connectivity index (χ3v) is 9.15. The summed E-state index contributed by atoms with van der Waals surface area (Å²) in [6.45, 7) is 7.43. The van der Waals surface area contributed by atoms with Crippen LogP contribution in [0.5, 0.6) is 5.75 Å².